The molecule has 26 heavy (non-hydrogen) atoms. The number of amides is 1. The molecule has 1 atom stereocenters. The van der Waals surface area contributed by atoms with Gasteiger partial charge in [-0.3, -0.25) is 9.69 Å². The number of thiophene rings is 1. The maximum absolute atomic E-state index is 12.8. The fourth-order valence-electron chi connectivity index (χ4n) is 4.73. The number of likely N-dealkylation sites (tertiary alicyclic amines) is 2. The lowest BCUT2D eigenvalue weighted by atomic mass is 9.62. The number of piperidine rings is 1. The second kappa shape index (κ2) is 6.82. The minimum atomic E-state index is 0.217. The molecule has 138 valence electrons. The van der Waals surface area contributed by atoms with Crippen molar-refractivity contribution in [2.45, 2.75) is 45.7 Å². The van der Waals surface area contributed by atoms with Crippen LogP contribution in [0.1, 0.15) is 52.8 Å². The first-order chi connectivity index (χ1) is 12.5. The van der Waals surface area contributed by atoms with Gasteiger partial charge >= 0.3 is 0 Å². The zero-order valence-corrected chi connectivity index (χ0v) is 16.8. The average molecular weight is 369 g/mol. The minimum absolute atomic E-state index is 0.217. The van der Waals surface area contributed by atoms with Crippen molar-refractivity contribution in [1.82, 2.24) is 9.80 Å². The fraction of sp³-hybridized carbons (Fsp3) is 0.500. The lowest BCUT2D eigenvalue weighted by molar-refractivity contribution is -0.124. The third kappa shape index (κ3) is 2.99. The van der Waals surface area contributed by atoms with E-state index in [2.05, 4.69) is 60.9 Å². The van der Waals surface area contributed by atoms with Gasteiger partial charge in [-0.05, 0) is 51.3 Å². The smallest absolute Gasteiger partial charge is 0.263 e. The molecule has 2 aliphatic heterocycles. The molecule has 1 amide bonds. The molecular weight excluding hydrogens is 340 g/mol. The van der Waals surface area contributed by atoms with E-state index >= 15 is 0 Å². The molecule has 1 aromatic heterocycles. The fourth-order valence-corrected chi connectivity index (χ4v) is 5.57. The number of aryl methyl sites for hydroxylation is 1. The number of hydrogen-bond acceptors (Lipinski definition) is 3. The molecule has 0 radical (unpaired) electrons. The Morgan fingerprint density at radius 1 is 1.12 bits per heavy atom. The molecule has 3 heterocycles. The third-order valence-corrected chi connectivity index (χ3v) is 7.17. The summed E-state index contributed by atoms with van der Waals surface area (Å²) in [5, 5.41) is 0. The summed E-state index contributed by atoms with van der Waals surface area (Å²) in [6.07, 6.45) is 2.21. The van der Waals surface area contributed by atoms with Crippen LogP contribution in [0.15, 0.2) is 42.5 Å². The van der Waals surface area contributed by atoms with Crippen LogP contribution in [0, 0.1) is 12.3 Å². The van der Waals surface area contributed by atoms with Gasteiger partial charge in [0.2, 0.25) is 0 Å². The lowest BCUT2D eigenvalue weighted by Crippen LogP contribution is -2.64. The standard InChI is InChI=1S/C22H28N2OS/c1-16(2)24-15-22(20(24)18-7-5-4-6-8-18)11-13-23(14-12-22)21(25)19-10-9-17(3)26-19/h4-10,16,20H,11-15H2,1-3H3. The Hall–Kier alpha value is -1.65. The summed E-state index contributed by atoms with van der Waals surface area (Å²) in [6.45, 7) is 9.56. The van der Waals surface area contributed by atoms with E-state index in [0.717, 1.165) is 37.4 Å². The number of hydrogen-bond donors (Lipinski definition) is 0. The van der Waals surface area contributed by atoms with E-state index in [1.807, 2.05) is 12.1 Å². The second-order valence-corrected chi connectivity index (χ2v) is 9.43. The predicted molar refractivity (Wildman–Crippen MR) is 108 cm³/mol. The van der Waals surface area contributed by atoms with Gasteiger partial charge in [0, 0.05) is 42.0 Å². The summed E-state index contributed by atoms with van der Waals surface area (Å²) in [4.78, 5) is 19.6. The van der Waals surface area contributed by atoms with Crippen molar-refractivity contribution in [1.29, 1.82) is 0 Å². The zero-order chi connectivity index (χ0) is 18.3. The Morgan fingerprint density at radius 3 is 2.38 bits per heavy atom. The molecule has 2 fully saturated rings. The monoisotopic (exact) mass is 368 g/mol. The zero-order valence-electron chi connectivity index (χ0n) is 15.9. The van der Waals surface area contributed by atoms with Crippen LogP contribution in [-0.4, -0.2) is 41.4 Å². The Kier molecular flexibility index (Phi) is 4.66. The lowest BCUT2D eigenvalue weighted by Gasteiger charge is -2.62. The summed E-state index contributed by atoms with van der Waals surface area (Å²) in [5.74, 6) is 0.217. The molecule has 4 heteroatoms. The molecule has 0 bridgehead atoms. The Balaban J connectivity index is 1.49. The molecule has 1 aromatic carbocycles. The summed E-state index contributed by atoms with van der Waals surface area (Å²) in [5.41, 5.74) is 1.76. The Morgan fingerprint density at radius 2 is 1.81 bits per heavy atom. The molecule has 0 N–H and O–H groups in total. The Bertz CT molecular complexity index is 774. The number of nitrogens with zero attached hydrogens (tertiary/aromatic N) is 2. The van der Waals surface area contributed by atoms with Crippen LogP contribution >= 0.6 is 11.3 Å². The summed E-state index contributed by atoms with van der Waals surface area (Å²) in [7, 11) is 0. The van der Waals surface area contributed by atoms with Gasteiger partial charge < -0.3 is 4.90 Å². The highest BCUT2D eigenvalue weighted by atomic mass is 32.1. The van der Waals surface area contributed by atoms with Crippen molar-refractivity contribution in [2.24, 2.45) is 5.41 Å². The van der Waals surface area contributed by atoms with E-state index in [1.165, 1.54) is 10.4 Å². The summed E-state index contributed by atoms with van der Waals surface area (Å²) < 4.78 is 0. The van der Waals surface area contributed by atoms with Crippen LogP contribution in [0.2, 0.25) is 0 Å². The largest absolute Gasteiger partial charge is 0.338 e. The van der Waals surface area contributed by atoms with Gasteiger partial charge in [-0.15, -0.1) is 11.3 Å². The molecular formula is C22H28N2OS. The highest BCUT2D eigenvalue weighted by Crippen LogP contribution is 2.55. The highest BCUT2D eigenvalue weighted by molar-refractivity contribution is 7.13. The van der Waals surface area contributed by atoms with Crippen molar-refractivity contribution in [3.05, 3.63) is 57.8 Å². The van der Waals surface area contributed by atoms with Gasteiger partial charge in [-0.1, -0.05) is 30.3 Å². The van der Waals surface area contributed by atoms with E-state index in [-0.39, 0.29) is 5.91 Å². The van der Waals surface area contributed by atoms with Crippen molar-refractivity contribution in [2.75, 3.05) is 19.6 Å². The van der Waals surface area contributed by atoms with E-state index < -0.39 is 0 Å². The van der Waals surface area contributed by atoms with Crippen LogP contribution in [0.4, 0.5) is 0 Å². The van der Waals surface area contributed by atoms with Crippen LogP contribution < -0.4 is 0 Å². The first-order valence-electron chi connectivity index (χ1n) is 9.67. The van der Waals surface area contributed by atoms with Crippen molar-refractivity contribution >= 4 is 17.2 Å². The number of carbonyl (C=O) groups is 1. The molecule has 0 saturated carbocycles. The highest BCUT2D eigenvalue weighted by Gasteiger charge is 2.54. The van der Waals surface area contributed by atoms with E-state index in [4.69, 9.17) is 0 Å². The van der Waals surface area contributed by atoms with Crippen LogP contribution in [0.25, 0.3) is 0 Å². The molecule has 2 aliphatic rings. The normalized spacial score (nSPS) is 22.6. The van der Waals surface area contributed by atoms with Gasteiger partial charge in [0.15, 0.2) is 0 Å². The van der Waals surface area contributed by atoms with E-state index in [0.29, 0.717) is 17.5 Å². The average Bonchev–Trinajstić information content (AvgIpc) is 3.06. The molecule has 2 aromatic rings. The van der Waals surface area contributed by atoms with Gasteiger partial charge in [0.05, 0.1) is 4.88 Å². The molecule has 4 rings (SSSR count). The van der Waals surface area contributed by atoms with Crippen LogP contribution in [0.3, 0.4) is 0 Å². The quantitative estimate of drug-likeness (QED) is 0.781. The molecule has 1 unspecified atom stereocenters. The van der Waals surface area contributed by atoms with Crippen molar-refractivity contribution in [3.8, 4) is 0 Å². The first kappa shape index (κ1) is 17.7. The van der Waals surface area contributed by atoms with Gasteiger partial charge in [0.1, 0.15) is 0 Å². The van der Waals surface area contributed by atoms with E-state index in [1.54, 1.807) is 11.3 Å². The molecule has 3 nitrogen and oxygen atoms in total. The number of benzene rings is 1. The number of rotatable bonds is 3. The molecule has 0 aliphatic carbocycles. The first-order valence-corrected chi connectivity index (χ1v) is 10.5. The molecule has 2 saturated heterocycles. The van der Waals surface area contributed by atoms with Crippen molar-refractivity contribution < 1.29 is 4.79 Å². The van der Waals surface area contributed by atoms with Gasteiger partial charge in [-0.25, -0.2) is 0 Å². The maximum Gasteiger partial charge on any atom is 0.263 e. The second-order valence-electron chi connectivity index (χ2n) is 8.14. The summed E-state index contributed by atoms with van der Waals surface area (Å²) in [6, 6.07) is 16.0. The van der Waals surface area contributed by atoms with Gasteiger partial charge in [-0.2, -0.15) is 0 Å². The topological polar surface area (TPSA) is 23.6 Å². The summed E-state index contributed by atoms with van der Waals surface area (Å²) >= 11 is 1.61. The predicted octanol–water partition coefficient (Wildman–Crippen LogP) is 4.74. The van der Waals surface area contributed by atoms with E-state index in [9.17, 15) is 4.79 Å². The van der Waals surface area contributed by atoms with Gasteiger partial charge in [0.25, 0.3) is 5.91 Å². The Labute approximate surface area is 160 Å². The SMILES string of the molecule is Cc1ccc(C(=O)N2CCC3(CC2)CN(C(C)C)C3c2ccccc2)s1. The minimum Gasteiger partial charge on any atom is -0.338 e. The number of carbonyl (C=O) groups excluding carboxylic acids is 1. The maximum atomic E-state index is 12.8. The van der Waals surface area contributed by atoms with Crippen molar-refractivity contribution in [3.63, 3.8) is 0 Å². The third-order valence-electron chi connectivity index (χ3n) is 6.19. The molecule has 1 spiro atoms. The van der Waals surface area contributed by atoms with Crippen LogP contribution in [0.5, 0.6) is 0 Å². The van der Waals surface area contributed by atoms with Crippen LogP contribution in [-0.2, 0) is 0 Å².